The second-order valence-corrected chi connectivity index (χ2v) is 8.94. The van der Waals surface area contributed by atoms with Gasteiger partial charge in [0.25, 0.3) is 5.56 Å². The lowest BCUT2D eigenvalue weighted by molar-refractivity contribution is -0.132. The fraction of sp³-hybridized carbons (Fsp3) is 0.417. The largest absolute Gasteiger partial charge is 0.423 e. The number of carbonyl (C=O) groups excluding carboxylic acids is 1. The Labute approximate surface area is 179 Å². The first-order chi connectivity index (χ1) is 14.8. The number of carbonyl (C=O) groups is 1. The molecule has 1 amide bonds. The van der Waals surface area contributed by atoms with Crippen molar-refractivity contribution in [3.05, 3.63) is 73.2 Å². The van der Waals surface area contributed by atoms with Gasteiger partial charge in [-0.15, -0.1) is 0 Å². The number of nitrogens with one attached hydrogen (secondary N) is 1. The van der Waals surface area contributed by atoms with Gasteiger partial charge in [0.2, 0.25) is 5.91 Å². The number of likely N-dealkylation sites (tertiary alicyclic amines) is 1. The second-order valence-electron chi connectivity index (χ2n) is 8.94. The fourth-order valence-electron chi connectivity index (χ4n) is 5.26. The van der Waals surface area contributed by atoms with Gasteiger partial charge in [0, 0.05) is 35.5 Å². The molecule has 0 bridgehead atoms. The molecule has 3 heterocycles. The van der Waals surface area contributed by atoms with Crippen LogP contribution in [0.25, 0.3) is 11.0 Å². The Balaban J connectivity index is 1.44. The first-order valence-corrected chi connectivity index (χ1v) is 10.8. The summed E-state index contributed by atoms with van der Waals surface area (Å²) in [5.41, 5.74) is 3.07. The predicted molar refractivity (Wildman–Crippen MR) is 116 cm³/mol. The van der Waals surface area contributed by atoms with Crippen molar-refractivity contribution in [1.82, 2.24) is 14.9 Å². The zero-order valence-corrected chi connectivity index (χ0v) is 17.8. The van der Waals surface area contributed by atoms with Gasteiger partial charge in [-0.2, -0.15) is 0 Å². The van der Waals surface area contributed by atoms with Crippen molar-refractivity contribution in [3.63, 3.8) is 0 Å². The molecule has 7 nitrogen and oxygen atoms in total. The molecule has 31 heavy (non-hydrogen) atoms. The molecule has 3 aromatic rings. The molecular weight excluding hydrogens is 394 g/mol. The molecule has 1 fully saturated rings. The van der Waals surface area contributed by atoms with E-state index < -0.39 is 5.63 Å². The average molecular weight is 419 g/mol. The zero-order valence-electron chi connectivity index (χ0n) is 17.8. The van der Waals surface area contributed by atoms with Gasteiger partial charge in [-0.3, -0.25) is 9.59 Å². The van der Waals surface area contributed by atoms with Gasteiger partial charge >= 0.3 is 5.63 Å². The van der Waals surface area contributed by atoms with Crippen molar-refractivity contribution in [2.24, 2.45) is 0 Å². The second kappa shape index (κ2) is 7.18. The highest BCUT2D eigenvalue weighted by molar-refractivity contribution is 5.87. The molecule has 2 aliphatic rings. The molecule has 0 radical (unpaired) electrons. The maximum Gasteiger partial charge on any atom is 0.336 e. The predicted octanol–water partition coefficient (Wildman–Crippen LogP) is 2.54. The summed E-state index contributed by atoms with van der Waals surface area (Å²) in [5, 5.41) is 0.792. The number of benzene rings is 1. The lowest BCUT2D eigenvalue weighted by atomic mass is 9.77. The summed E-state index contributed by atoms with van der Waals surface area (Å²) in [7, 11) is 0. The average Bonchev–Trinajstić information content (AvgIpc) is 3.05. The van der Waals surface area contributed by atoms with Crippen molar-refractivity contribution < 1.29 is 9.21 Å². The van der Waals surface area contributed by atoms with E-state index in [1.165, 1.54) is 6.07 Å². The SMILES string of the molecule is Cc1ccc2c(CC(=O)N3CCCC4(CCc5c4nc(C)[nH]c5=O)C3)cc(=O)oc2c1. The minimum absolute atomic E-state index is 0.0124. The van der Waals surface area contributed by atoms with E-state index in [1.807, 2.05) is 30.0 Å². The van der Waals surface area contributed by atoms with Gasteiger partial charge < -0.3 is 14.3 Å². The first kappa shape index (κ1) is 19.7. The van der Waals surface area contributed by atoms with E-state index in [1.54, 1.807) is 6.92 Å². The van der Waals surface area contributed by atoms with Crippen LogP contribution >= 0.6 is 0 Å². The van der Waals surface area contributed by atoms with Gasteiger partial charge in [0.05, 0.1) is 12.1 Å². The molecule has 0 saturated carbocycles. The number of aromatic amines is 1. The maximum absolute atomic E-state index is 13.3. The number of fused-ring (bicyclic) bond motifs is 3. The monoisotopic (exact) mass is 419 g/mol. The van der Waals surface area contributed by atoms with Gasteiger partial charge in [-0.05, 0) is 56.7 Å². The van der Waals surface area contributed by atoms with Crippen LogP contribution in [0.15, 0.2) is 38.3 Å². The third kappa shape index (κ3) is 3.38. The van der Waals surface area contributed by atoms with Gasteiger partial charge in [0.15, 0.2) is 0 Å². The Kier molecular flexibility index (Phi) is 4.57. The van der Waals surface area contributed by atoms with Crippen molar-refractivity contribution in [2.75, 3.05) is 13.1 Å². The number of H-pyrrole nitrogens is 1. The molecule has 1 unspecified atom stereocenters. The number of aromatic nitrogens is 2. The van der Waals surface area contributed by atoms with E-state index >= 15 is 0 Å². The van der Waals surface area contributed by atoms with Crippen LogP contribution in [0.5, 0.6) is 0 Å². The summed E-state index contributed by atoms with van der Waals surface area (Å²) in [6.45, 7) is 4.97. The van der Waals surface area contributed by atoms with E-state index in [0.717, 1.165) is 41.5 Å². The standard InChI is InChI=1S/C24H25N3O4/c1-14-4-5-17-16(12-21(29)31-19(17)10-14)11-20(28)27-9-3-7-24(13-27)8-6-18-22(24)25-15(2)26-23(18)30/h4-5,10,12H,3,6-9,11,13H2,1-2H3,(H,25,26,30). The van der Waals surface area contributed by atoms with Crippen molar-refractivity contribution in [1.29, 1.82) is 0 Å². The van der Waals surface area contributed by atoms with E-state index in [9.17, 15) is 14.4 Å². The summed E-state index contributed by atoms with van der Waals surface area (Å²) < 4.78 is 5.33. The normalized spacial score (nSPS) is 20.4. The van der Waals surface area contributed by atoms with E-state index in [-0.39, 0.29) is 23.3 Å². The highest BCUT2D eigenvalue weighted by Crippen LogP contribution is 2.43. The number of nitrogens with zero attached hydrogens (tertiary/aromatic N) is 2. The fourth-order valence-corrected chi connectivity index (χ4v) is 5.26. The third-order valence-electron chi connectivity index (χ3n) is 6.75. The van der Waals surface area contributed by atoms with Crippen molar-refractivity contribution in [2.45, 2.75) is 51.4 Å². The molecule has 1 spiro atoms. The Morgan fingerprint density at radius 1 is 1.23 bits per heavy atom. The van der Waals surface area contributed by atoms with Crippen LogP contribution in [0.3, 0.4) is 0 Å². The van der Waals surface area contributed by atoms with Gasteiger partial charge in [-0.25, -0.2) is 9.78 Å². The van der Waals surface area contributed by atoms with E-state index in [2.05, 4.69) is 9.97 Å². The summed E-state index contributed by atoms with van der Waals surface area (Å²) >= 11 is 0. The molecule has 5 rings (SSSR count). The van der Waals surface area contributed by atoms with Gasteiger partial charge in [-0.1, -0.05) is 12.1 Å². The molecule has 1 aromatic carbocycles. The number of hydrogen-bond acceptors (Lipinski definition) is 5. The van der Waals surface area contributed by atoms with Crippen molar-refractivity contribution >= 4 is 16.9 Å². The van der Waals surface area contributed by atoms with Crippen LogP contribution in [0.1, 0.15) is 47.5 Å². The minimum Gasteiger partial charge on any atom is -0.423 e. The first-order valence-electron chi connectivity index (χ1n) is 10.8. The molecule has 1 aliphatic carbocycles. The van der Waals surface area contributed by atoms with Crippen LogP contribution in [0.4, 0.5) is 0 Å². The smallest absolute Gasteiger partial charge is 0.336 e. The summed E-state index contributed by atoms with van der Waals surface area (Å²) in [5.74, 6) is 0.604. The Bertz CT molecular complexity index is 1320. The van der Waals surface area contributed by atoms with E-state index in [0.29, 0.717) is 36.5 Å². The molecule has 160 valence electrons. The molecule has 2 aromatic heterocycles. The van der Waals surface area contributed by atoms with Crippen molar-refractivity contribution in [3.8, 4) is 0 Å². The molecule has 1 N–H and O–H groups in total. The summed E-state index contributed by atoms with van der Waals surface area (Å²) in [4.78, 5) is 47.1. The Hall–Kier alpha value is -3.22. The number of piperidine rings is 1. The Morgan fingerprint density at radius 3 is 2.90 bits per heavy atom. The van der Waals surface area contributed by atoms with E-state index in [4.69, 9.17) is 4.42 Å². The molecule has 1 atom stereocenters. The molecule has 1 saturated heterocycles. The summed E-state index contributed by atoms with van der Waals surface area (Å²) in [6, 6.07) is 7.10. The zero-order chi connectivity index (χ0) is 21.8. The third-order valence-corrected chi connectivity index (χ3v) is 6.75. The maximum atomic E-state index is 13.3. The highest BCUT2D eigenvalue weighted by Gasteiger charge is 2.45. The number of rotatable bonds is 2. The van der Waals surface area contributed by atoms with Crippen LogP contribution in [0.2, 0.25) is 0 Å². The van der Waals surface area contributed by atoms with Crippen LogP contribution in [-0.4, -0.2) is 33.9 Å². The molecular formula is C24H25N3O4. The quantitative estimate of drug-likeness (QED) is 0.644. The Morgan fingerprint density at radius 2 is 2.06 bits per heavy atom. The number of aryl methyl sites for hydroxylation is 2. The van der Waals surface area contributed by atoms with Crippen LogP contribution in [-0.2, 0) is 23.1 Å². The summed E-state index contributed by atoms with van der Waals surface area (Å²) in [6.07, 6.45) is 3.48. The number of hydrogen-bond donors (Lipinski definition) is 1. The molecule has 1 aliphatic heterocycles. The lowest BCUT2D eigenvalue weighted by Crippen LogP contribution is -2.48. The topological polar surface area (TPSA) is 96.3 Å². The number of amides is 1. The lowest BCUT2D eigenvalue weighted by Gasteiger charge is -2.40. The van der Waals surface area contributed by atoms with Crippen LogP contribution in [0, 0.1) is 13.8 Å². The van der Waals surface area contributed by atoms with Crippen LogP contribution < -0.4 is 11.2 Å². The van der Waals surface area contributed by atoms with Gasteiger partial charge in [0.1, 0.15) is 11.4 Å². The minimum atomic E-state index is -0.445. The highest BCUT2D eigenvalue weighted by atomic mass is 16.4. The molecule has 7 heteroatoms.